The molecule has 2 rings (SSSR count). The molecule has 1 aromatic rings. The van der Waals surface area contributed by atoms with Crippen LogP contribution < -0.4 is 11.1 Å². The minimum atomic E-state index is -0.288. The van der Waals surface area contributed by atoms with E-state index in [4.69, 9.17) is 5.73 Å². The first-order valence-corrected chi connectivity index (χ1v) is 7.73. The molecule has 1 saturated carbocycles. The van der Waals surface area contributed by atoms with Crippen molar-refractivity contribution in [3.8, 4) is 0 Å². The molecule has 0 bridgehead atoms. The maximum Gasteiger partial charge on any atom is 0.230 e. The van der Waals surface area contributed by atoms with Crippen LogP contribution in [-0.4, -0.2) is 19.0 Å². The highest BCUT2D eigenvalue weighted by Crippen LogP contribution is 2.44. The average Bonchev–Trinajstić information content (AvgIpc) is 2.36. The van der Waals surface area contributed by atoms with Crippen LogP contribution >= 0.6 is 28.3 Å². The monoisotopic (exact) mass is 360 g/mol. The van der Waals surface area contributed by atoms with E-state index in [9.17, 15) is 4.79 Å². The molecular weight excluding hydrogens is 340 g/mol. The molecule has 1 aliphatic carbocycles. The number of hydrogen-bond acceptors (Lipinski definition) is 2. The first kappa shape index (κ1) is 17.5. The van der Waals surface area contributed by atoms with Gasteiger partial charge < -0.3 is 11.1 Å². The summed E-state index contributed by atoms with van der Waals surface area (Å²) in [7, 11) is 0. The highest BCUT2D eigenvalue weighted by Gasteiger charge is 2.45. The van der Waals surface area contributed by atoms with Gasteiger partial charge in [0.2, 0.25) is 5.91 Å². The lowest BCUT2D eigenvalue weighted by atomic mass is 9.64. The third kappa shape index (κ3) is 3.74. The molecule has 1 aromatic carbocycles. The maximum atomic E-state index is 12.4. The van der Waals surface area contributed by atoms with Gasteiger partial charge in [-0.3, -0.25) is 4.79 Å². The predicted octanol–water partition coefficient (Wildman–Crippen LogP) is 3.15. The van der Waals surface area contributed by atoms with Crippen LogP contribution in [0, 0.1) is 0 Å². The lowest BCUT2D eigenvalue weighted by molar-refractivity contribution is -0.129. The van der Waals surface area contributed by atoms with E-state index in [1.165, 1.54) is 0 Å². The van der Waals surface area contributed by atoms with E-state index in [0.717, 1.165) is 48.7 Å². The number of unbranched alkanes of at least 4 members (excludes halogenated alkanes) is 1. The van der Waals surface area contributed by atoms with Crippen molar-refractivity contribution < 1.29 is 4.79 Å². The highest BCUT2D eigenvalue weighted by molar-refractivity contribution is 9.10. The van der Waals surface area contributed by atoms with Gasteiger partial charge in [-0.15, -0.1) is 12.4 Å². The fourth-order valence-corrected chi connectivity index (χ4v) is 2.85. The van der Waals surface area contributed by atoms with Gasteiger partial charge in [0.1, 0.15) is 0 Å². The van der Waals surface area contributed by atoms with Crippen LogP contribution in [0.25, 0.3) is 0 Å². The maximum absolute atomic E-state index is 12.4. The van der Waals surface area contributed by atoms with Crippen molar-refractivity contribution in [1.29, 1.82) is 0 Å². The Morgan fingerprint density at radius 3 is 2.40 bits per heavy atom. The van der Waals surface area contributed by atoms with E-state index in [1.807, 2.05) is 12.1 Å². The fraction of sp³-hybridized carbons (Fsp3) is 0.533. The molecular formula is C15H22BrClN2O. The average molecular weight is 362 g/mol. The number of carbonyl (C=O) groups excluding carboxylic acids is 1. The second-order valence-electron chi connectivity index (χ2n) is 5.19. The molecule has 3 nitrogen and oxygen atoms in total. The van der Waals surface area contributed by atoms with E-state index in [0.29, 0.717) is 6.54 Å². The summed E-state index contributed by atoms with van der Waals surface area (Å²) in [6.07, 6.45) is 4.96. The third-order valence-corrected chi connectivity index (χ3v) is 4.48. The quantitative estimate of drug-likeness (QED) is 0.765. The van der Waals surface area contributed by atoms with E-state index in [-0.39, 0.29) is 23.7 Å². The van der Waals surface area contributed by atoms with E-state index in [2.05, 4.69) is 33.4 Å². The fourth-order valence-electron chi connectivity index (χ4n) is 2.59. The van der Waals surface area contributed by atoms with Gasteiger partial charge in [-0.05, 0) is 49.9 Å². The largest absolute Gasteiger partial charge is 0.355 e. The number of hydrogen-bond donors (Lipinski definition) is 2. The van der Waals surface area contributed by atoms with Crippen LogP contribution in [0.2, 0.25) is 0 Å². The number of nitrogens with one attached hydrogen (secondary N) is 1. The van der Waals surface area contributed by atoms with Gasteiger partial charge >= 0.3 is 0 Å². The molecule has 0 radical (unpaired) electrons. The van der Waals surface area contributed by atoms with Gasteiger partial charge in [-0.2, -0.15) is 0 Å². The standard InChI is InChI=1S/C15H21BrN2O.ClH/c16-13-6-4-12(5-7-13)15(8-3-9-15)14(19)18-11-2-1-10-17;/h4-7H,1-3,8-11,17H2,(H,18,19);1H. The third-order valence-electron chi connectivity index (χ3n) is 3.96. The Bertz CT molecular complexity index is 432. The predicted molar refractivity (Wildman–Crippen MR) is 88.2 cm³/mol. The van der Waals surface area contributed by atoms with Crippen molar-refractivity contribution >= 4 is 34.2 Å². The number of benzene rings is 1. The second-order valence-corrected chi connectivity index (χ2v) is 6.11. The first-order chi connectivity index (χ1) is 9.19. The Morgan fingerprint density at radius 2 is 1.90 bits per heavy atom. The van der Waals surface area contributed by atoms with Crippen LogP contribution in [0.1, 0.15) is 37.7 Å². The molecule has 20 heavy (non-hydrogen) atoms. The van der Waals surface area contributed by atoms with E-state index >= 15 is 0 Å². The topological polar surface area (TPSA) is 55.1 Å². The van der Waals surface area contributed by atoms with E-state index in [1.54, 1.807) is 0 Å². The smallest absolute Gasteiger partial charge is 0.230 e. The number of rotatable bonds is 6. The van der Waals surface area contributed by atoms with Crippen molar-refractivity contribution in [3.05, 3.63) is 34.3 Å². The minimum absolute atomic E-state index is 0. The van der Waals surface area contributed by atoms with Crippen LogP contribution in [0.15, 0.2) is 28.7 Å². The molecule has 0 aliphatic heterocycles. The molecule has 0 saturated heterocycles. The normalized spacial score (nSPS) is 15.9. The minimum Gasteiger partial charge on any atom is -0.355 e. The molecule has 0 aromatic heterocycles. The van der Waals surface area contributed by atoms with Crippen molar-refractivity contribution in [3.63, 3.8) is 0 Å². The number of halogens is 2. The Balaban J connectivity index is 0.00000200. The number of amides is 1. The zero-order valence-corrected chi connectivity index (χ0v) is 13.9. The van der Waals surface area contributed by atoms with Crippen molar-refractivity contribution in [2.45, 2.75) is 37.5 Å². The van der Waals surface area contributed by atoms with Gasteiger partial charge in [0, 0.05) is 11.0 Å². The molecule has 0 spiro atoms. The van der Waals surface area contributed by atoms with E-state index < -0.39 is 0 Å². The van der Waals surface area contributed by atoms with Crippen molar-refractivity contribution in [1.82, 2.24) is 5.32 Å². The summed E-state index contributed by atoms with van der Waals surface area (Å²) in [5.41, 5.74) is 6.31. The van der Waals surface area contributed by atoms with Gasteiger partial charge in [0.05, 0.1) is 5.41 Å². The molecule has 3 N–H and O–H groups in total. The Hall–Kier alpha value is -0.580. The Kier molecular flexibility index (Phi) is 7.00. The van der Waals surface area contributed by atoms with Crippen LogP contribution in [0.5, 0.6) is 0 Å². The summed E-state index contributed by atoms with van der Waals surface area (Å²) in [5.74, 6) is 0.179. The van der Waals surface area contributed by atoms with Crippen LogP contribution in [0.4, 0.5) is 0 Å². The van der Waals surface area contributed by atoms with Gasteiger partial charge in [-0.25, -0.2) is 0 Å². The molecule has 1 fully saturated rings. The van der Waals surface area contributed by atoms with Gasteiger partial charge in [0.15, 0.2) is 0 Å². The summed E-state index contributed by atoms with van der Waals surface area (Å²) in [6, 6.07) is 8.14. The summed E-state index contributed by atoms with van der Waals surface area (Å²) in [6.45, 7) is 1.42. The molecule has 0 heterocycles. The zero-order valence-electron chi connectivity index (χ0n) is 11.5. The van der Waals surface area contributed by atoms with Crippen LogP contribution in [-0.2, 0) is 10.2 Å². The Labute approximate surface area is 135 Å². The second kappa shape index (κ2) is 8.01. The summed E-state index contributed by atoms with van der Waals surface area (Å²) < 4.78 is 1.05. The number of nitrogens with two attached hydrogens (primary N) is 1. The highest BCUT2D eigenvalue weighted by atomic mass is 79.9. The molecule has 5 heteroatoms. The van der Waals surface area contributed by atoms with Crippen molar-refractivity contribution in [2.24, 2.45) is 5.73 Å². The molecule has 1 aliphatic rings. The van der Waals surface area contributed by atoms with Crippen LogP contribution in [0.3, 0.4) is 0 Å². The molecule has 112 valence electrons. The summed E-state index contributed by atoms with van der Waals surface area (Å²) in [5, 5.41) is 3.07. The first-order valence-electron chi connectivity index (χ1n) is 6.93. The molecule has 1 amide bonds. The summed E-state index contributed by atoms with van der Waals surface area (Å²) >= 11 is 3.44. The van der Waals surface area contributed by atoms with Gasteiger partial charge in [-0.1, -0.05) is 34.5 Å². The Morgan fingerprint density at radius 1 is 1.25 bits per heavy atom. The lowest BCUT2D eigenvalue weighted by Crippen LogP contribution is -2.49. The molecule has 0 atom stereocenters. The van der Waals surface area contributed by atoms with Crippen molar-refractivity contribution in [2.75, 3.05) is 13.1 Å². The zero-order chi connectivity index (χ0) is 13.7. The lowest BCUT2D eigenvalue weighted by Gasteiger charge is -2.40. The van der Waals surface area contributed by atoms with Gasteiger partial charge in [0.25, 0.3) is 0 Å². The SMILES string of the molecule is Cl.NCCCCNC(=O)C1(c2ccc(Br)cc2)CCC1. The number of carbonyl (C=O) groups is 1. The summed E-state index contributed by atoms with van der Waals surface area (Å²) in [4.78, 5) is 12.4. The molecule has 0 unspecified atom stereocenters.